The van der Waals surface area contributed by atoms with E-state index in [-0.39, 0.29) is 29.4 Å². The zero-order chi connectivity index (χ0) is 24.1. The number of benzene rings is 1. The van der Waals surface area contributed by atoms with Gasteiger partial charge in [0, 0.05) is 31.1 Å². The van der Waals surface area contributed by atoms with Gasteiger partial charge in [0.15, 0.2) is 23.1 Å². The van der Waals surface area contributed by atoms with Crippen molar-refractivity contribution in [3.05, 3.63) is 83.6 Å². The number of aromatic nitrogens is 5. The molecule has 0 spiro atoms. The molecule has 35 heavy (non-hydrogen) atoms. The maximum atomic E-state index is 14.3. The van der Waals surface area contributed by atoms with E-state index in [0.29, 0.717) is 17.7 Å². The van der Waals surface area contributed by atoms with Gasteiger partial charge in [0.25, 0.3) is 12.3 Å². The lowest BCUT2D eigenvalue weighted by atomic mass is 10.0. The van der Waals surface area contributed by atoms with Gasteiger partial charge in [-0.15, -0.1) is 0 Å². The monoisotopic (exact) mass is 480 g/mol. The fraction of sp³-hybridized carbons (Fsp3) is 0.174. The van der Waals surface area contributed by atoms with Crippen molar-refractivity contribution in [1.29, 1.82) is 0 Å². The highest BCUT2D eigenvalue weighted by atomic mass is 19.3. The number of rotatable bonds is 4. The van der Waals surface area contributed by atoms with Crippen molar-refractivity contribution < 1.29 is 26.8 Å². The van der Waals surface area contributed by atoms with E-state index in [1.807, 2.05) is 0 Å². The van der Waals surface area contributed by atoms with Crippen LogP contribution in [0.4, 0.5) is 13.2 Å². The molecule has 176 valence electrons. The smallest absolute Gasteiger partial charge is 0.292 e. The van der Waals surface area contributed by atoms with Crippen LogP contribution in [0, 0.1) is 5.82 Å². The van der Waals surface area contributed by atoms with E-state index in [0.717, 1.165) is 5.69 Å². The number of nitrogens with zero attached hydrogens (tertiary/aromatic N) is 5. The van der Waals surface area contributed by atoms with Gasteiger partial charge < -0.3 is 18.7 Å². The first kappa shape index (κ1) is 21.1. The first-order chi connectivity index (χ1) is 17.0. The second-order valence-corrected chi connectivity index (χ2v) is 7.83. The van der Waals surface area contributed by atoms with Gasteiger partial charge in [0.1, 0.15) is 5.52 Å². The zero-order valence-corrected chi connectivity index (χ0v) is 17.8. The van der Waals surface area contributed by atoms with Crippen LogP contribution < -0.4 is 0 Å². The normalized spacial score (nSPS) is 15.7. The molecule has 0 saturated heterocycles. The number of nitrogens with one attached hydrogen (secondary N) is 1. The highest BCUT2D eigenvalue weighted by Gasteiger charge is 2.41. The molecule has 1 aromatic carbocycles. The summed E-state index contributed by atoms with van der Waals surface area (Å²) in [6, 6.07) is 6.45. The van der Waals surface area contributed by atoms with E-state index in [1.54, 1.807) is 18.2 Å². The van der Waals surface area contributed by atoms with Crippen molar-refractivity contribution in [3.8, 4) is 11.5 Å². The van der Waals surface area contributed by atoms with Crippen LogP contribution >= 0.6 is 0 Å². The number of pyridine rings is 1. The second-order valence-electron chi connectivity index (χ2n) is 7.83. The van der Waals surface area contributed by atoms with Crippen LogP contribution in [-0.4, -0.2) is 42.3 Å². The third-order valence-electron chi connectivity index (χ3n) is 5.77. The number of alkyl halides is 2. The highest BCUT2D eigenvalue weighted by Crippen LogP contribution is 2.37. The first-order valence-electron chi connectivity index (χ1n) is 10.6. The van der Waals surface area contributed by atoms with Crippen molar-refractivity contribution in [2.45, 2.75) is 18.9 Å². The maximum Gasteiger partial charge on any atom is 0.292 e. The lowest BCUT2D eigenvalue weighted by Crippen LogP contribution is -2.41. The number of carbonyl (C=O) groups excluding carboxylic acids is 1. The summed E-state index contributed by atoms with van der Waals surface area (Å²) >= 11 is 0. The first-order valence-corrected chi connectivity index (χ1v) is 10.6. The molecular formula is C23H15F3N6O3. The number of H-pyrrole nitrogens is 1. The van der Waals surface area contributed by atoms with Crippen molar-refractivity contribution in [2.24, 2.45) is 0 Å². The number of halogens is 3. The van der Waals surface area contributed by atoms with Crippen molar-refractivity contribution in [3.63, 3.8) is 0 Å². The van der Waals surface area contributed by atoms with E-state index >= 15 is 0 Å². The van der Waals surface area contributed by atoms with E-state index < -0.39 is 35.6 Å². The van der Waals surface area contributed by atoms with Crippen LogP contribution in [0.3, 0.4) is 0 Å². The molecule has 5 aromatic rings. The van der Waals surface area contributed by atoms with Gasteiger partial charge in [-0.05, 0) is 24.3 Å². The van der Waals surface area contributed by atoms with E-state index in [9.17, 15) is 18.0 Å². The van der Waals surface area contributed by atoms with Gasteiger partial charge in [-0.3, -0.25) is 9.78 Å². The lowest BCUT2D eigenvalue weighted by Gasteiger charge is -2.32. The molecule has 1 aliphatic rings. The van der Waals surface area contributed by atoms with Crippen LogP contribution in [0.1, 0.15) is 46.0 Å². The summed E-state index contributed by atoms with van der Waals surface area (Å²) in [5.41, 5.74) is 0.870. The van der Waals surface area contributed by atoms with E-state index in [4.69, 9.17) is 8.83 Å². The van der Waals surface area contributed by atoms with Gasteiger partial charge >= 0.3 is 0 Å². The predicted molar refractivity (Wildman–Crippen MR) is 114 cm³/mol. The number of amides is 1. The van der Waals surface area contributed by atoms with Gasteiger partial charge in [-0.1, -0.05) is 6.07 Å². The third-order valence-corrected chi connectivity index (χ3v) is 5.77. The van der Waals surface area contributed by atoms with Crippen LogP contribution in [0.25, 0.3) is 22.6 Å². The molecule has 0 unspecified atom stereocenters. The summed E-state index contributed by atoms with van der Waals surface area (Å²) in [5, 5.41) is 0. The number of carbonyl (C=O) groups is 1. The topological polar surface area (TPSA) is 114 Å². The Labute approximate surface area is 194 Å². The summed E-state index contributed by atoms with van der Waals surface area (Å²) in [4.78, 5) is 34.3. The van der Waals surface area contributed by atoms with Gasteiger partial charge in [-0.2, -0.15) is 0 Å². The van der Waals surface area contributed by atoms with Crippen LogP contribution in [0.2, 0.25) is 0 Å². The Morgan fingerprint density at radius 3 is 2.83 bits per heavy atom. The number of hydrogen-bond donors (Lipinski definition) is 1. The Kier molecular flexibility index (Phi) is 4.87. The molecule has 9 nitrogen and oxygen atoms in total. The average Bonchev–Trinajstić information content (AvgIpc) is 3.61. The minimum atomic E-state index is -3.06. The fourth-order valence-corrected chi connectivity index (χ4v) is 4.17. The Bertz CT molecular complexity index is 1540. The molecule has 12 heteroatoms. The molecule has 1 amide bonds. The van der Waals surface area contributed by atoms with Crippen LogP contribution in [-0.2, 0) is 6.42 Å². The van der Waals surface area contributed by atoms with Crippen molar-refractivity contribution in [2.75, 3.05) is 6.54 Å². The summed E-state index contributed by atoms with van der Waals surface area (Å²) in [6.45, 7) is 0.117. The van der Waals surface area contributed by atoms with Crippen molar-refractivity contribution >= 4 is 17.0 Å². The molecule has 1 N–H and O–H groups in total. The van der Waals surface area contributed by atoms with Crippen LogP contribution in [0.5, 0.6) is 0 Å². The molecule has 6 rings (SSSR count). The van der Waals surface area contributed by atoms with Crippen LogP contribution in [0.15, 0.2) is 57.9 Å². The Balaban J connectivity index is 1.46. The Hall–Kier alpha value is -4.48. The summed E-state index contributed by atoms with van der Waals surface area (Å²) in [6.07, 6.45) is 1.66. The molecule has 0 radical (unpaired) electrons. The predicted octanol–water partition coefficient (Wildman–Crippen LogP) is 4.47. The highest BCUT2D eigenvalue weighted by molar-refractivity contribution is 5.93. The van der Waals surface area contributed by atoms with Gasteiger partial charge in [0.05, 0.1) is 17.6 Å². The maximum absolute atomic E-state index is 14.3. The quantitative estimate of drug-likeness (QED) is 0.404. The minimum absolute atomic E-state index is 0.00269. The number of hydrogen-bond acceptors (Lipinski definition) is 7. The average molecular weight is 480 g/mol. The number of oxazole rings is 2. The number of para-hydroxylation sites is 1. The third kappa shape index (κ3) is 3.45. The summed E-state index contributed by atoms with van der Waals surface area (Å²) in [7, 11) is 0. The van der Waals surface area contributed by atoms with E-state index in [1.165, 1.54) is 35.8 Å². The van der Waals surface area contributed by atoms with E-state index in [2.05, 4.69) is 24.9 Å². The zero-order valence-electron chi connectivity index (χ0n) is 17.8. The lowest BCUT2D eigenvalue weighted by molar-refractivity contribution is 0.0621. The molecule has 5 heterocycles. The standard InChI is InChI=1S/C23H15F3N6O3/c24-12-4-1-5-14-18(12)34-22(30-14)17-15-13(28-10-29-15)6-8-32(17)23(33)19-16(20(25)26)31-21(35-19)11-3-2-7-27-9-11/h1-5,7,9-10,17,20H,6,8H2,(H,28,29)/t17-/m0/s1. The molecule has 0 fully saturated rings. The number of imidazole rings is 1. The van der Waals surface area contributed by atoms with Gasteiger partial charge in [-0.25, -0.2) is 28.1 Å². The molecule has 0 saturated carbocycles. The number of fused-ring (bicyclic) bond motifs is 2. The van der Waals surface area contributed by atoms with Gasteiger partial charge in [0.2, 0.25) is 17.5 Å². The Morgan fingerprint density at radius 2 is 2.06 bits per heavy atom. The summed E-state index contributed by atoms with van der Waals surface area (Å²) in [5.74, 6) is -2.23. The molecule has 1 aliphatic heterocycles. The largest absolute Gasteiger partial charge is 0.435 e. The molecule has 0 bridgehead atoms. The number of aromatic amines is 1. The molecule has 4 aromatic heterocycles. The molecule has 0 aliphatic carbocycles. The fourth-order valence-electron chi connectivity index (χ4n) is 4.17. The minimum Gasteiger partial charge on any atom is -0.435 e. The molecular weight excluding hydrogens is 465 g/mol. The summed E-state index contributed by atoms with van der Waals surface area (Å²) < 4.78 is 53.3. The second kappa shape index (κ2) is 8.08. The Morgan fingerprint density at radius 1 is 1.17 bits per heavy atom. The SMILES string of the molecule is O=C(c1oc(-c2cccnc2)nc1C(F)F)N1CCc2[nH]cnc2[C@H]1c1nc2cccc(F)c2o1. The molecule has 1 atom stereocenters. The van der Waals surface area contributed by atoms with Crippen molar-refractivity contribution in [1.82, 2.24) is 29.8 Å².